The van der Waals surface area contributed by atoms with Gasteiger partial charge in [-0.1, -0.05) is 11.6 Å². The highest BCUT2D eigenvalue weighted by Gasteiger charge is 2.30. The lowest BCUT2D eigenvalue weighted by atomic mass is 10.3. The van der Waals surface area contributed by atoms with Gasteiger partial charge in [0.15, 0.2) is 0 Å². The molecule has 0 aliphatic carbocycles. The molecule has 1 atom stereocenters. The third-order valence-corrected chi connectivity index (χ3v) is 2.46. The largest absolute Gasteiger partial charge is 0.391 e. The quantitative estimate of drug-likeness (QED) is 0.751. The molecular weight excluding hydrogens is 204 g/mol. The number of aliphatic hydroxyl groups excluding tert-OH is 1. The summed E-state index contributed by atoms with van der Waals surface area (Å²) in [6.07, 6.45) is 2.64. The summed E-state index contributed by atoms with van der Waals surface area (Å²) >= 11 is 5.90. The fourth-order valence-electron chi connectivity index (χ4n) is 1.49. The van der Waals surface area contributed by atoms with Crippen LogP contribution in [0.25, 0.3) is 0 Å². The van der Waals surface area contributed by atoms with E-state index in [0.717, 1.165) is 0 Å². The zero-order valence-corrected chi connectivity index (χ0v) is 8.11. The molecule has 2 heterocycles. The van der Waals surface area contributed by atoms with E-state index < -0.39 is 6.10 Å². The van der Waals surface area contributed by atoms with Crippen molar-refractivity contribution in [3.05, 3.63) is 23.5 Å². The average Bonchev–Trinajstić information content (AvgIpc) is 2.46. The first-order valence-corrected chi connectivity index (χ1v) is 4.64. The van der Waals surface area contributed by atoms with Gasteiger partial charge in [-0.05, 0) is 6.07 Å². The Bertz CT molecular complexity index is 370. The minimum Gasteiger partial charge on any atom is -0.391 e. The number of carbonyl (C=O) groups is 1. The first-order chi connectivity index (χ1) is 6.68. The van der Waals surface area contributed by atoms with Crippen LogP contribution in [-0.4, -0.2) is 28.6 Å². The van der Waals surface area contributed by atoms with Gasteiger partial charge in [0.2, 0.25) is 5.91 Å². The van der Waals surface area contributed by atoms with Gasteiger partial charge in [0.05, 0.1) is 36.0 Å². The first-order valence-electron chi connectivity index (χ1n) is 4.26. The molecule has 1 aliphatic heterocycles. The van der Waals surface area contributed by atoms with Gasteiger partial charge >= 0.3 is 0 Å². The fraction of sp³-hybridized carbons (Fsp3) is 0.333. The molecule has 1 fully saturated rings. The SMILES string of the molecule is O=C1CC(O)CN1c1cnccc1Cl. The third kappa shape index (κ3) is 1.58. The third-order valence-electron chi connectivity index (χ3n) is 2.14. The molecule has 1 aromatic rings. The number of anilines is 1. The summed E-state index contributed by atoms with van der Waals surface area (Å²) in [6, 6.07) is 1.62. The van der Waals surface area contributed by atoms with Gasteiger partial charge in [0, 0.05) is 6.20 Å². The highest BCUT2D eigenvalue weighted by Crippen LogP contribution is 2.27. The second kappa shape index (κ2) is 3.55. The summed E-state index contributed by atoms with van der Waals surface area (Å²) in [6.45, 7) is 0.296. The van der Waals surface area contributed by atoms with Gasteiger partial charge in [-0.25, -0.2) is 0 Å². The van der Waals surface area contributed by atoms with Crippen molar-refractivity contribution in [2.75, 3.05) is 11.4 Å². The number of nitrogens with zero attached hydrogens (tertiary/aromatic N) is 2. The van der Waals surface area contributed by atoms with Crippen molar-refractivity contribution in [3.63, 3.8) is 0 Å². The van der Waals surface area contributed by atoms with E-state index in [2.05, 4.69) is 4.98 Å². The van der Waals surface area contributed by atoms with E-state index >= 15 is 0 Å². The van der Waals surface area contributed by atoms with Crippen molar-refractivity contribution < 1.29 is 9.90 Å². The Labute approximate surface area is 86.1 Å². The Morgan fingerprint density at radius 3 is 3.00 bits per heavy atom. The molecule has 1 aromatic heterocycles. The lowest BCUT2D eigenvalue weighted by molar-refractivity contribution is -0.117. The number of β-amino-alcohol motifs (C(OH)–C–C–N with tert-alkyl or cyclic N) is 1. The normalized spacial score (nSPS) is 21.7. The molecule has 1 N–H and O–H groups in total. The minimum atomic E-state index is -0.598. The summed E-state index contributed by atoms with van der Waals surface area (Å²) in [5, 5.41) is 9.77. The van der Waals surface area contributed by atoms with Crippen LogP contribution in [-0.2, 0) is 4.79 Å². The first kappa shape index (κ1) is 9.43. The Kier molecular flexibility index (Phi) is 2.39. The summed E-state index contributed by atoms with van der Waals surface area (Å²) in [5.41, 5.74) is 0.565. The van der Waals surface area contributed by atoms with E-state index in [-0.39, 0.29) is 12.3 Å². The molecule has 0 radical (unpaired) electrons. The van der Waals surface area contributed by atoms with Crippen LogP contribution in [0.4, 0.5) is 5.69 Å². The molecule has 74 valence electrons. The Balaban J connectivity index is 2.32. The smallest absolute Gasteiger partial charge is 0.229 e. The lowest BCUT2D eigenvalue weighted by Crippen LogP contribution is -2.25. The molecule has 14 heavy (non-hydrogen) atoms. The maximum absolute atomic E-state index is 11.4. The van der Waals surface area contributed by atoms with Crippen molar-refractivity contribution in [1.29, 1.82) is 0 Å². The van der Waals surface area contributed by atoms with Crippen LogP contribution in [0.15, 0.2) is 18.5 Å². The topological polar surface area (TPSA) is 53.4 Å². The maximum atomic E-state index is 11.4. The van der Waals surface area contributed by atoms with E-state index in [4.69, 9.17) is 11.6 Å². The second-order valence-electron chi connectivity index (χ2n) is 3.19. The van der Waals surface area contributed by atoms with E-state index in [1.807, 2.05) is 0 Å². The number of hydrogen-bond acceptors (Lipinski definition) is 3. The van der Waals surface area contributed by atoms with Crippen LogP contribution in [0.2, 0.25) is 5.02 Å². The zero-order valence-electron chi connectivity index (χ0n) is 7.35. The molecule has 1 aliphatic rings. The van der Waals surface area contributed by atoms with Crippen molar-refractivity contribution in [2.45, 2.75) is 12.5 Å². The van der Waals surface area contributed by atoms with Gasteiger partial charge in [0.1, 0.15) is 0 Å². The second-order valence-corrected chi connectivity index (χ2v) is 3.60. The zero-order chi connectivity index (χ0) is 10.1. The number of aromatic nitrogens is 1. The van der Waals surface area contributed by atoms with Crippen molar-refractivity contribution in [1.82, 2.24) is 4.98 Å². The monoisotopic (exact) mass is 212 g/mol. The molecule has 0 aromatic carbocycles. The van der Waals surface area contributed by atoms with Crippen molar-refractivity contribution >= 4 is 23.2 Å². The van der Waals surface area contributed by atoms with Crippen molar-refractivity contribution in [2.24, 2.45) is 0 Å². The van der Waals surface area contributed by atoms with Gasteiger partial charge in [-0.15, -0.1) is 0 Å². The molecule has 2 rings (SSSR count). The predicted molar refractivity (Wildman–Crippen MR) is 52.2 cm³/mol. The Hall–Kier alpha value is -1.13. The van der Waals surface area contributed by atoms with Crippen LogP contribution < -0.4 is 4.90 Å². The number of halogens is 1. The highest BCUT2D eigenvalue weighted by molar-refractivity contribution is 6.33. The van der Waals surface area contributed by atoms with Crippen LogP contribution in [0.5, 0.6) is 0 Å². The Morgan fingerprint density at radius 1 is 1.64 bits per heavy atom. The van der Waals surface area contributed by atoms with Gasteiger partial charge in [-0.3, -0.25) is 9.78 Å². The summed E-state index contributed by atoms with van der Waals surface area (Å²) < 4.78 is 0. The van der Waals surface area contributed by atoms with Crippen LogP contribution in [0.1, 0.15) is 6.42 Å². The number of pyridine rings is 1. The van der Waals surface area contributed by atoms with E-state index in [1.165, 1.54) is 11.1 Å². The molecule has 4 nitrogen and oxygen atoms in total. The van der Waals surface area contributed by atoms with Crippen LogP contribution in [0, 0.1) is 0 Å². The number of carbonyl (C=O) groups excluding carboxylic acids is 1. The summed E-state index contributed by atoms with van der Waals surface area (Å²) in [4.78, 5) is 16.8. The number of rotatable bonds is 1. The average molecular weight is 213 g/mol. The molecule has 1 unspecified atom stereocenters. The molecule has 0 saturated carbocycles. The summed E-state index contributed by atoms with van der Waals surface area (Å²) in [7, 11) is 0. The fourth-order valence-corrected chi connectivity index (χ4v) is 1.70. The molecule has 0 spiro atoms. The summed E-state index contributed by atoms with van der Waals surface area (Å²) in [5.74, 6) is -0.118. The minimum absolute atomic E-state index is 0.118. The molecule has 1 saturated heterocycles. The maximum Gasteiger partial charge on any atom is 0.229 e. The van der Waals surface area contributed by atoms with Gasteiger partial charge < -0.3 is 10.0 Å². The molecule has 1 amide bonds. The van der Waals surface area contributed by atoms with Gasteiger partial charge in [0.25, 0.3) is 0 Å². The molecule has 5 heteroatoms. The number of hydrogen-bond donors (Lipinski definition) is 1. The standard InChI is InChI=1S/C9H9ClN2O2/c10-7-1-2-11-4-8(7)12-5-6(13)3-9(12)14/h1-2,4,6,13H,3,5H2. The Morgan fingerprint density at radius 2 is 2.43 bits per heavy atom. The van der Waals surface area contributed by atoms with Crippen LogP contribution >= 0.6 is 11.6 Å². The highest BCUT2D eigenvalue weighted by atomic mass is 35.5. The molecule has 0 bridgehead atoms. The van der Waals surface area contributed by atoms with Gasteiger partial charge in [-0.2, -0.15) is 0 Å². The van der Waals surface area contributed by atoms with E-state index in [1.54, 1.807) is 12.3 Å². The van der Waals surface area contributed by atoms with Crippen molar-refractivity contribution in [3.8, 4) is 0 Å². The molecular formula is C9H9ClN2O2. The predicted octanol–water partition coefficient (Wildman–Crippen LogP) is 0.833. The van der Waals surface area contributed by atoms with Crippen LogP contribution in [0.3, 0.4) is 0 Å². The van der Waals surface area contributed by atoms with E-state index in [0.29, 0.717) is 17.3 Å². The number of amides is 1. The lowest BCUT2D eigenvalue weighted by Gasteiger charge is -2.16. The van der Waals surface area contributed by atoms with E-state index in [9.17, 15) is 9.90 Å². The number of aliphatic hydroxyl groups is 1.